The zero-order valence-electron chi connectivity index (χ0n) is 11.6. The Labute approximate surface area is 105 Å². The van der Waals surface area contributed by atoms with Crippen LogP contribution >= 0.6 is 0 Å². The van der Waals surface area contributed by atoms with Crippen LogP contribution in [-0.2, 0) is 4.74 Å². The van der Waals surface area contributed by atoms with Crippen molar-refractivity contribution in [2.24, 2.45) is 11.8 Å². The van der Waals surface area contributed by atoms with E-state index >= 15 is 0 Å². The van der Waals surface area contributed by atoms with Crippen LogP contribution in [-0.4, -0.2) is 22.4 Å². The quantitative estimate of drug-likeness (QED) is 0.748. The number of hydrogen-bond donors (Lipinski definition) is 1. The monoisotopic (exact) mass is 238 g/mol. The van der Waals surface area contributed by atoms with E-state index in [0.29, 0.717) is 11.8 Å². The smallest absolute Gasteiger partial charge is 0.112 e. The van der Waals surface area contributed by atoms with E-state index in [1.165, 1.54) is 12.8 Å². The lowest BCUT2D eigenvalue weighted by Gasteiger charge is -2.36. The summed E-state index contributed by atoms with van der Waals surface area (Å²) in [7, 11) is 0. The Morgan fingerprint density at radius 1 is 1.24 bits per heavy atom. The Morgan fingerprint density at radius 2 is 1.88 bits per heavy atom. The van der Waals surface area contributed by atoms with Crippen molar-refractivity contribution in [1.29, 1.82) is 0 Å². The van der Waals surface area contributed by atoms with Crippen molar-refractivity contribution in [3.8, 4) is 0 Å². The summed E-state index contributed by atoms with van der Waals surface area (Å²) in [5.41, 5.74) is -1.25. The Morgan fingerprint density at radius 3 is 2.47 bits per heavy atom. The summed E-state index contributed by atoms with van der Waals surface area (Å²) >= 11 is 0. The van der Waals surface area contributed by atoms with Crippen molar-refractivity contribution in [3.05, 3.63) is 12.2 Å². The molecule has 1 aliphatic heterocycles. The van der Waals surface area contributed by atoms with Crippen LogP contribution in [0.3, 0.4) is 0 Å². The first-order valence-electron chi connectivity index (χ1n) is 6.96. The van der Waals surface area contributed by atoms with Gasteiger partial charge in [0.15, 0.2) is 0 Å². The summed E-state index contributed by atoms with van der Waals surface area (Å²) in [6.07, 6.45) is 9.14. The molecule has 0 amide bonds. The third kappa shape index (κ3) is 2.17. The summed E-state index contributed by atoms with van der Waals surface area (Å²) in [6, 6.07) is 0. The van der Waals surface area contributed by atoms with Crippen molar-refractivity contribution >= 4 is 0 Å². The van der Waals surface area contributed by atoms with Gasteiger partial charge in [-0.1, -0.05) is 38.8 Å². The first-order valence-corrected chi connectivity index (χ1v) is 6.96. The van der Waals surface area contributed by atoms with Crippen LogP contribution in [0.25, 0.3) is 0 Å². The Kier molecular flexibility index (Phi) is 3.39. The van der Waals surface area contributed by atoms with E-state index < -0.39 is 11.2 Å². The number of aliphatic hydroxyl groups is 1. The van der Waals surface area contributed by atoms with Gasteiger partial charge in [-0.05, 0) is 32.6 Å². The highest BCUT2D eigenvalue weighted by atomic mass is 16.5. The van der Waals surface area contributed by atoms with Crippen LogP contribution in [0.1, 0.15) is 53.4 Å². The van der Waals surface area contributed by atoms with Crippen LogP contribution in [0.4, 0.5) is 0 Å². The largest absolute Gasteiger partial charge is 0.386 e. The van der Waals surface area contributed by atoms with E-state index in [0.717, 1.165) is 12.8 Å². The van der Waals surface area contributed by atoms with Crippen LogP contribution in [0.5, 0.6) is 0 Å². The molecule has 0 radical (unpaired) electrons. The standard InChI is InChI=1S/C15H26O2/c1-11(2)9-10-14(3)15(4,16)12-7-5-6-8-13(12)17-14/h9-13,16H,5-8H2,1-4H3. The van der Waals surface area contributed by atoms with Crippen molar-refractivity contribution in [2.75, 3.05) is 0 Å². The minimum atomic E-state index is -0.733. The molecule has 2 aliphatic rings. The van der Waals surface area contributed by atoms with Gasteiger partial charge >= 0.3 is 0 Å². The van der Waals surface area contributed by atoms with Crippen LogP contribution in [0.2, 0.25) is 0 Å². The lowest BCUT2D eigenvalue weighted by molar-refractivity contribution is -0.0845. The molecule has 1 aliphatic carbocycles. The highest BCUT2D eigenvalue weighted by molar-refractivity contribution is 5.18. The third-order valence-corrected chi connectivity index (χ3v) is 4.62. The van der Waals surface area contributed by atoms with Gasteiger partial charge in [-0.2, -0.15) is 0 Å². The number of allylic oxidation sites excluding steroid dienone is 1. The normalized spacial score (nSPS) is 46.7. The molecule has 4 atom stereocenters. The summed E-state index contributed by atoms with van der Waals surface area (Å²) in [5, 5.41) is 10.8. The van der Waals surface area contributed by atoms with Gasteiger partial charge in [-0.3, -0.25) is 0 Å². The van der Waals surface area contributed by atoms with Crippen molar-refractivity contribution < 1.29 is 9.84 Å². The second-order valence-corrected chi connectivity index (χ2v) is 6.40. The van der Waals surface area contributed by atoms with Gasteiger partial charge in [0.1, 0.15) is 5.60 Å². The maximum Gasteiger partial charge on any atom is 0.112 e. The second-order valence-electron chi connectivity index (χ2n) is 6.40. The maximum atomic E-state index is 10.8. The van der Waals surface area contributed by atoms with Gasteiger partial charge in [-0.25, -0.2) is 0 Å². The van der Waals surface area contributed by atoms with Crippen molar-refractivity contribution in [1.82, 2.24) is 0 Å². The van der Waals surface area contributed by atoms with E-state index in [4.69, 9.17) is 4.74 Å². The highest BCUT2D eigenvalue weighted by Crippen LogP contribution is 2.50. The SMILES string of the molecule is CC(C)C=CC1(C)OC2CCCCC2C1(C)O. The van der Waals surface area contributed by atoms with Crippen LogP contribution in [0, 0.1) is 11.8 Å². The van der Waals surface area contributed by atoms with Gasteiger partial charge in [0.2, 0.25) is 0 Å². The predicted octanol–water partition coefficient (Wildman–Crippen LogP) is 3.30. The predicted molar refractivity (Wildman–Crippen MR) is 69.8 cm³/mol. The van der Waals surface area contributed by atoms with Crippen LogP contribution in [0.15, 0.2) is 12.2 Å². The lowest BCUT2D eigenvalue weighted by Crippen LogP contribution is -2.49. The number of hydrogen-bond acceptors (Lipinski definition) is 2. The molecule has 1 saturated carbocycles. The number of ether oxygens (including phenoxy) is 1. The molecule has 1 saturated heterocycles. The fourth-order valence-corrected chi connectivity index (χ4v) is 3.27. The molecule has 2 heteroatoms. The molecule has 4 unspecified atom stereocenters. The van der Waals surface area contributed by atoms with Gasteiger partial charge in [-0.15, -0.1) is 0 Å². The molecular formula is C15H26O2. The minimum Gasteiger partial charge on any atom is -0.386 e. The van der Waals surface area contributed by atoms with Gasteiger partial charge < -0.3 is 9.84 Å². The zero-order chi connectivity index (χ0) is 12.7. The number of rotatable bonds is 2. The first kappa shape index (κ1) is 13.1. The molecule has 0 aromatic rings. The topological polar surface area (TPSA) is 29.5 Å². The molecule has 0 bridgehead atoms. The van der Waals surface area contributed by atoms with Gasteiger partial charge in [0, 0.05) is 5.92 Å². The van der Waals surface area contributed by atoms with E-state index in [2.05, 4.69) is 26.0 Å². The van der Waals surface area contributed by atoms with E-state index in [-0.39, 0.29) is 6.10 Å². The fraction of sp³-hybridized carbons (Fsp3) is 0.867. The molecule has 2 fully saturated rings. The van der Waals surface area contributed by atoms with Crippen molar-refractivity contribution in [3.63, 3.8) is 0 Å². The molecular weight excluding hydrogens is 212 g/mol. The van der Waals surface area contributed by atoms with Crippen LogP contribution < -0.4 is 0 Å². The van der Waals surface area contributed by atoms with E-state index in [1.54, 1.807) is 0 Å². The fourth-order valence-electron chi connectivity index (χ4n) is 3.27. The van der Waals surface area contributed by atoms with Gasteiger partial charge in [0.05, 0.1) is 11.7 Å². The Balaban J connectivity index is 2.23. The molecule has 0 aromatic heterocycles. The number of fused-ring (bicyclic) bond motifs is 1. The molecule has 0 spiro atoms. The average Bonchev–Trinajstić information content (AvgIpc) is 2.46. The summed E-state index contributed by atoms with van der Waals surface area (Å²) in [6.45, 7) is 8.28. The zero-order valence-corrected chi connectivity index (χ0v) is 11.6. The summed E-state index contributed by atoms with van der Waals surface area (Å²) in [4.78, 5) is 0. The lowest BCUT2D eigenvalue weighted by atomic mass is 9.72. The van der Waals surface area contributed by atoms with Crippen molar-refractivity contribution in [2.45, 2.75) is 70.7 Å². The average molecular weight is 238 g/mol. The van der Waals surface area contributed by atoms with Gasteiger partial charge in [0.25, 0.3) is 0 Å². The molecule has 2 rings (SSSR count). The molecule has 98 valence electrons. The summed E-state index contributed by atoms with van der Waals surface area (Å²) in [5.74, 6) is 0.798. The first-order chi connectivity index (χ1) is 7.87. The van der Waals surface area contributed by atoms with E-state index in [1.807, 2.05) is 13.8 Å². The molecule has 1 heterocycles. The molecule has 2 nitrogen and oxygen atoms in total. The minimum absolute atomic E-state index is 0.251. The molecule has 1 N–H and O–H groups in total. The molecule has 0 aromatic carbocycles. The third-order valence-electron chi connectivity index (χ3n) is 4.62. The Bertz CT molecular complexity index is 306. The van der Waals surface area contributed by atoms with E-state index in [9.17, 15) is 5.11 Å². The second kappa shape index (κ2) is 4.40. The molecule has 17 heavy (non-hydrogen) atoms. The summed E-state index contributed by atoms with van der Waals surface area (Å²) < 4.78 is 6.18. The Hall–Kier alpha value is -0.340. The highest BCUT2D eigenvalue weighted by Gasteiger charge is 2.58. The maximum absolute atomic E-state index is 10.8.